The van der Waals surface area contributed by atoms with Crippen LogP contribution in [-0.2, 0) is 21.1 Å². The van der Waals surface area contributed by atoms with Crippen molar-refractivity contribution in [1.82, 2.24) is 4.90 Å². The fraction of sp³-hybridized carbons (Fsp3) is 0.429. The lowest BCUT2D eigenvalue weighted by Crippen LogP contribution is -2.37. The van der Waals surface area contributed by atoms with Crippen LogP contribution in [0.2, 0.25) is 0 Å². The van der Waals surface area contributed by atoms with Crippen molar-refractivity contribution in [2.45, 2.75) is 17.7 Å². The van der Waals surface area contributed by atoms with Crippen LogP contribution in [0, 0.1) is 0 Å². The number of hydrogen-bond donors (Lipinski definition) is 0. The quantitative estimate of drug-likeness (QED) is 0.766. The molecule has 0 aromatic carbocycles. The minimum absolute atomic E-state index is 0.0294. The zero-order chi connectivity index (χ0) is 15.7. The van der Waals surface area contributed by atoms with E-state index in [4.69, 9.17) is 0 Å². The second-order valence-corrected chi connectivity index (χ2v) is 9.68. The van der Waals surface area contributed by atoms with E-state index in [0.29, 0.717) is 11.7 Å². The standard InChI is InChI=1S/C14H16N2O3S3/c1-2-5-16-11-8-22(18,19)9-12(11)21-14(16)15-13(17)7-10-4-3-6-20-10/h2-4,6,11-12H,1,5,7-9H2/t11-,12+/m1/s1. The molecule has 8 heteroatoms. The first-order chi connectivity index (χ1) is 10.5. The first-order valence-corrected chi connectivity index (χ1v) is 10.4. The van der Waals surface area contributed by atoms with Crippen LogP contribution < -0.4 is 0 Å². The Bertz CT molecular complexity index is 710. The Kier molecular flexibility index (Phi) is 4.42. The second kappa shape index (κ2) is 6.17. The van der Waals surface area contributed by atoms with Crippen LogP contribution in [0.15, 0.2) is 35.2 Å². The van der Waals surface area contributed by atoms with Gasteiger partial charge in [-0.25, -0.2) is 8.42 Å². The van der Waals surface area contributed by atoms with Gasteiger partial charge in [-0.1, -0.05) is 23.9 Å². The number of amides is 1. The lowest BCUT2D eigenvalue weighted by Gasteiger charge is -2.22. The largest absolute Gasteiger partial charge is 0.342 e. The molecule has 0 bridgehead atoms. The number of amidine groups is 1. The van der Waals surface area contributed by atoms with Gasteiger partial charge in [0.05, 0.1) is 24.0 Å². The van der Waals surface area contributed by atoms with Gasteiger partial charge in [0.15, 0.2) is 15.0 Å². The number of hydrogen-bond acceptors (Lipinski definition) is 5. The number of carbonyl (C=O) groups is 1. The van der Waals surface area contributed by atoms with Crippen LogP contribution in [0.4, 0.5) is 0 Å². The fourth-order valence-corrected chi connectivity index (χ4v) is 7.37. The summed E-state index contributed by atoms with van der Waals surface area (Å²) in [6.45, 7) is 4.22. The zero-order valence-corrected chi connectivity index (χ0v) is 14.3. The molecule has 2 saturated heterocycles. The molecular formula is C14H16N2O3S3. The van der Waals surface area contributed by atoms with E-state index in [1.54, 1.807) is 6.08 Å². The van der Waals surface area contributed by atoms with Crippen LogP contribution in [-0.4, -0.2) is 53.7 Å². The van der Waals surface area contributed by atoms with E-state index >= 15 is 0 Å². The Balaban J connectivity index is 1.77. The molecule has 3 rings (SSSR count). The number of thioether (sulfide) groups is 1. The second-order valence-electron chi connectivity index (χ2n) is 5.29. The Morgan fingerprint density at radius 1 is 1.50 bits per heavy atom. The smallest absolute Gasteiger partial charge is 0.253 e. The van der Waals surface area contributed by atoms with Crippen molar-refractivity contribution in [2.75, 3.05) is 18.1 Å². The maximum Gasteiger partial charge on any atom is 0.253 e. The molecule has 3 heterocycles. The average Bonchev–Trinajstić information content (AvgIpc) is 3.08. The third-order valence-corrected chi connectivity index (χ3v) is 7.75. The molecule has 0 radical (unpaired) electrons. The van der Waals surface area contributed by atoms with E-state index in [1.165, 1.54) is 23.1 Å². The van der Waals surface area contributed by atoms with Gasteiger partial charge in [-0.3, -0.25) is 4.79 Å². The number of sulfone groups is 1. The Morgan fingerprint density at radius 3 is 3.00 bits per heavy atom. The summed E-state index contributed by atoms with van der Waals surface area (Å²) in [5.41, 5.74) is 0. The van der Waals surface area contributed by atoms with Gasteiger partial charge in [0.25, 0.3) is 5.91 Å². The molecule has 0 aliphatic carbocycles. The number of aliphatic imine (C=N–C) groups is 1. The van der Waals surface area contributed by atoms with Gasteiger partial charge >= 0.3 is 0 Å². The summed E-state index contributed by atoms with van der Waals surface area (Å²) in [4.78, 5) is 19.2. The molecular weight excluding hydrogens is 340 g/mol. The molecule has 5 nitrogen and oxygen atoms in total. The average molecular weight is 356 g/mol. The van der Waals surface area contributed by atoms with Crippen molar-refractivity contribution in [1.29, 1.82) is 0 Å². The molecule has 2 atom stereocenters. The van der Waals surface area contributed by atoms with Gasteiger partial charge in [0.2, 0.25) is 0 Å². The van der Waals surface area contributed by atoms with E-state index in [1.807, 2.05) is 22.4 Å². The highest BCUT2D eigenvalue weighted by Gasteiger charge is 2.48. The molecule has 118 valence electrons. The van der Waals surface area contributed by atoms with Crippen LogP contribution in [0.1, 0.15) is 4.88 Å². The van der Waals surface area contributed by atoms with Crippen molar-refractivity contribution in [2.24, 2.45) is 4.99 Å². The maximum absolute atomic E-state index is 12.1. The topological polar surface area (TPSA) is 66.8 Å². The van der Waals surface area contributed by atoms with Gasteiger partial charge in [-0.15, -0.1) is 17.9 Å². The van der Waals surface area contributed by atoms with E-state index in [-0.39, 0.29) is 35.1 Å². The fourth-order valence-electron chi connectivity index (χ4n) is 2.70. The minimum Gasteiger partial charge on any atom is -0.342 e. The van der Waals surface area contributed by atoms with Gasteiger partial charge in [-0.2, -0.15) is 4.99 Å². The van der Waals surface area contributed by atoms with Crippen molar-refractivity contribution in [3.63, 3.8) is 0 Å². The highest BCUT2D eigenvalue weighted by Crippen LogP contribution is 2.38. The van der Waals surface area contributed by atoms with Crippen molar-refractivity contribution < 1.29 is 13.2 Å². The molecule has 0 unspecified atom stereocenters. The highest BCUT2D eigenvalue weighted by molar-refractivity contribution is 8.15. The first-order valence-electron chi connectivity index (χ1n) is 6.87. The molecule has 1 aromatic heterocycles. The van der Waals surface area contributed by atoms with Crippen LogP contribution >= 0.6 is 23.1 Å². The third-order valence-electron chi connectivity index (χ3n) is 3.63. The monoisotopic (exact) mass is 356 g/mol. The van der Waals surface area contributed by atoms with Crippen LogP contribution in [0.5, 0.6) is 0 Å². The molecule has 1 amide bonds. The predicted octanol–water partition coefficient (Wildman–Crippen LogP) is 1.57. The zero-order valence-electron chi connectivity index (χ0n) is 11.8. The number of fused-ring (bicyclic) bond motifs is 1. The lowest BCUT2D eigenvalue weighted by molar-refractivity contribution is -0.117. The molecule has 1 aromatic rings. The first kappa shape index (κ1) is 15.8. The number of nitrogens with zero attached hydrogens (tertiary/aromatic N) is 2. The van der Waals surface area contributed by atoms with Crippen molar-refractivity contribution in [3.8, 4) is 0 Å². The normalized spacial score (nSPS) is 28.0. The van der Waals surface area contributed by atoms with Gasteiger partial charge < -0.3 is 4.90 Å². The summed E-state index contributed by atoms with van der Waals surface area (Å²) in [6, 6.07) is 3.72. The summed E-state index contributed by atoms with van der Waals surface area (Å²) in [5, 5.41) is 2.53. The summed E-state index contributed by atoms with van der Waals surface area (Å²) in [5.74, 6) is 0.104. The third kappa shape index (κ3) is 3.28. The van der Waals surface area contributed by atoms with Gasteiger partial charge in [0.1, 0.15) is 0 Å². The molecule has 22 heavy (non-hydrogen) atoms. The predicted molar refractivity (Wildman–Crippen MR) is 91.2 cm³/mol. The highest BCUT2D eigenvalue weighted by atomic mass is 32.2. The molecule has 0 N–H and O–H groups in total. The Morgan fingerprint density at radius 2 is 2.32 bits per heavy atom. The molecule has 2 aliphatic rings. The van der Waals surface area contributed by atoms with Crippen LogP contribution in [0.3, 0.4) is 0 Å². The summed E-state index contributed by atoms with van der Waals surface area (Å²) >= 11 is 2.93. The van der Waals surface area contributed by atoms with E-state index < -0.39 is 9.84 Å². The lowest BCUT2D eigenvalue weighted by atomic mass is 10.2. The van der Waals surface area contributed by atoms with E-state index in [9.17, 15) is 13.2 Å². The van der Waals surface area contributed by atoms with Crippen molar-refractivity contribution >= 4 is 44.0 Å². The SMILES string of the molecule is C=CCN1C(=NC(=O)Cc2cccs2)S[C@H]2CS(=O)(=O)C[C@H]21. The summed E-state index contributed by atoms with van der Waals surface area (Å²) in [6.07, 6.45) is 2.00. The summed E-state index contributed by atoms with van der Waals surface area (Å²) < 4.78 is 23.5. The Labute approximate surface area is 138 Å². The number of carbonyl (C=O) groups excluding carboxylic acids is 1. The van der Waals surface area contributed by atoms with E-state index in [2.05, 4.69) is 11.6 Å². The molecule has 0 saturated carbocycles. The van der Waals surface area contributed by atoms with Crippen molar-refractivity contribution in [3.05, 3.63) is 35.0 Å². The molecule has 0 spiro atoms. The molecule has 2 aliphatic heterocycles. The number of rotatable bonds is 4. The maximum atomic E-state index is 12.1. The van der Waals surface area contributed by atoms with Gasteiger partial charge in [0, 0.05) is 16.7 Å². The number of thiophene rings is 1. The minimum atomic E-state index is -2.98. The Hall–Kier alpha value is -1.12. The summed E-state index contributed by atoms with van der Waals surface area (Å²) in [7, 11) is -2.98. The molecule has 2 fully saturated rings. The van der Waals surface area contributed by atoms with Crippen LogP contribution in [0.25, 0.3) is 0 Å². The van der Waals surface area contributed by atoms with Gasteiger partial charge in [-0.05, 0) is 11.4 Å². The van der Waals surface area contributed by atoms with E-state index in [0.717, 1.165) is 4.88 Å².